The summed E-state index contributed by atoms with van der Waals surface area (Å²) >= 11 is 0. The normalized spacial score (nSPS) is 11.0. The topological polar surface area (TPSA) is 92.9 Å². The van der Waals surface area contributed by atoms with Crippen LogP contribution in [0.5, 0.6) is 0 Å². The molecule has 0 bridgehead atoms. The van der Waals surface area contributed by atoms with Crippen LogP contribution in [-0.2, 0) is 6.18 Å². The van der Waals surface area contributed by atoms with Crippen LogP contribution in [0.1, 0.15) is 16.1 Å². The lowest BCUT2D eigenvalue weighted by Crippen LogP contribution is -2.14. The summed E-state index contributed by atoms with van der Waals surface area (Å²) in [6.07, 6.45) is -2.30. The minimum atomic E-state index is -4.52. The summed E-state index contributed by atoms with van der Waals surface area (Å²) in [6, 6.07) is 4.86. The van der Waals surface area contributed by atoms with Gasteiger partial charge < -0.3 is 10.7 Å². The number of nitrogens with zero attached hydrogens (tertiary/aromatic N) is 2. The number of nitrogens with two attached hydrogens (primary N) is 1. The molecule has 4 N–H and O–H groups in total. The second kappa shape index (κ2) is 5.75. The molecule has 2 aromatic rings. The van der Waals surface area contributed by atoms with Gasteiger partial charge in [0.25, 0.3) is 5.91 Å². The molecule has 0 aliphatic carbocycles. The van der Waals surface area contributed by atoms with E-state index in [1.54, 1.807) is 0 Å². The van der Waals surface area contributed by atoms with Gasteiger partial charge in [-0.05, 0) is 24.3 Å². The second-order valence-electron chi connectivity index (χ2n) is 3.96. The maximum Gasteiger partial charge on any atom is 0.433 e. The van der Waals surface area contributed by atoms with Crippen molar-refractivity contribution in [3.8, 4) is 0 Å². The van der Waals surface area contributed by atoms with Gasteiger partial charge in [-0.1, -0.05) is 0 Å². The molecule has 0 saturated heterocycles. The van der Waals surface area contributed by atoms with E-state index < -0.39 is 17.8 Å². The predicted molar refractivity (Wildman–Crippen MR) is 69.2 cm³/mol. The zero-order chi connectivity index (χ0) is 15.5. The number of hydrogen-bond donors (Lipinski definition) is 3. The quantitative estimate of drug-likeness (QED) is 0.595. The van der Waals surface area contributed by atoms with Crippen LogP contribution in [0.4, 0.5) is 24.7 Å². The van der Waals surface area contributed by atoms with E-state index in [4.69, 9.17) is 5.84 Å². The molecule has 110 valence electrons. The van der Waals surface area contributed by atoms with Crippen molar-refractivity contribution in [2.75, 3.05) is 10.7 Å². The lowest BCUT2D eigenvalue weighted by Gasteiger charge is -2.08. The Labute approximate surface area is 117 Å². The number of carbonyl (C=O) groups excluding carboxylic acids is 1. The SMILES string of the molecule is NNc1ccc(C(=O)Nc2ccc(C(F)(F)F)nc2)cn1. The van der Waals surface area contributed by atoms with Crippen molar-refractivity contribution in [3.63, 3.8) is 0 Å². The van der Waals surface area contributed by atoms with Crippen molar-refractivity contribution in [2.45, 2.75) is 6.18 Å². The number of nitrogen functional groups attached to an aromatic ring is 1. The highest BCUT2D eigenvalue weighted by atomic mass is 19.4. The second-order valence-corrected chi connectivity index (χ2v) is 3.96. The molecule has 0 saturated carbocycles. The van der Waals surface area contributed by atoms with Gasteiger partial charge in [0.1, 0.15) is 11.5 Å². The molecule has 0 aliphatic heterocycles. The van der Waals surface area contributed by atoms with Crippen LogP contribution in [-0.4, -0.2) is 15.9 Å². The van der Waals surface area contributed by atoms with Crippen molar-refractivity contribution in [1.82, 2.24) is 9.97 Å². The van der Waals surface area contributed by atoms with Crippen LogP contribution >= 0.6 is 0 Å². The third-order valence-electron chi connectivity index (χ3n) is 2.49. The average molecular weight is 297 g/mol. The molecule has 1 amide bonds. The van der Waals surface area contributed by atoms with Gasteiger partial charge in [-0.15, -0.1) is 0 Å². The number of hydrogen-bond acceptors (Lipinski definition) is 5. The number of nitrogens with one attached hydrogen (secondary N) is 2. The van der Waals surface area contributed by atoms with Crippen molar-refractivity contribution >= 4 is 17.4 Å². The molecule has 0 aliphatic rings. The Balaban J connectivity index is 2.08. The number of amides is 1. The van der Waals surface area contributed by atoms with E-state index in [9.17, 15) is 18.0 Å². The van der Waals surface area contributed by atoms with Crippen LogP contribution < -0.4 is 16.6 Å². The highest BCUT2D eigenvalue weighted by Gasteiger charge is 2.32. The molecular formula is C12H10F3N5O. The lowest BCUT2D eigenvalue weighted by atomic mass is 10.2. The molecule has 21 heavy (non-hydrogen) atoms. The van der Waals surface area contributed by atoms with E-state index in [2.05, 4.69) is 20.7 Å². The Hall–Kier alpha value is -2.68. The number of alkyl halides is 3. The Morgan fingerprint density at radius 2 is 1.86 bits per heavy atom. The van der Waals surface area contributed by atoms with Gasteiger partial charge in [0.15, 0.2) is 0 Å². The molecule has 2 rings (SSSR count). The van der Waals surface area contributed by atoms with Crippen LogP contribution in [0.3, 0.4) is 0 Å². The molecule has 0 radical (unpaired) electrons. The van der Waals surface area contributed by atoms with Crippen LogP contribution in [0, 0.1) is 0 Å². The highest BCUT2D eigenvalue weighted by Crippen LogP contribution is 2.27. The summed E-state index contributed by atoms with van der Waals surface area (Å²) in [5.74, 6) is 4.99. The minimum Gasteiger partial charge on any atom is -0.321 e. The number of rotatable bonds is 3. The summed E-state index contributed by atoms with van der Waals surface area (Å²) in [6.45, 7) is 0. The first-order valence-electron chi connectivity index (χ1n) is 5.67. The third-order valence-corrected chi connectivity index (χ3v) is 2.49. The van der Waals surface area contributed by atoms with E-state index in [-0.39, 0.29) is 11.3 Å². The summed E-state index contributed by atoms with van der Waals surface area (Å²) < 4.78 is 37.0. The molecule has 0 fully saturated rings. The Kier molecular flexibility index (Phi) is 4.03. The number of aromatic nitrogens is 2. The predicted octanol–water partition coefficient (Wildman–Crippen LogP) is 2.03. The fraction of sp³-hybridized carbons (Fsp3) is 0.0833. The Morgan fingerprint density at radius 3 is 2.33 bits per heavy atom. The van der Waals surface area contributed by atoms with Crippen molar-refractivity contribution in [3.05, 3.63) is 47.9 Å². The van der Waals surface area contributed by atoms with E-state index >= 15 is 0 Å². The van der Waals surface area contributed by atoms with Crippen LogP contribution in [0.2, 0.25) is 0 Å². The van der Waals surface area contributed by atoms with Crippen molar-refractivity contribution in [2.24, 2.45) is 5.84 Å². The first-order valence-corrected chi connectivity index (χ1v) is 5.67. The van der Waals surface area contributed by atoms with Gasteiger partial charge in [0, 0.05) is 6.20 Å². The number of anilines is 2. The molecule has 9 heteroatoms. The Bertz CT molecular complexity index is 625. The standard InChI is InChI=1S/C12H10F3N5O/c13-12(14,15)9-3-2-8(6-17-9)19-11(21)7-1-4-10(20-16)18-5-7/h1-6H,16H2,(H,18,20)(H,19,21). The van der Waals surface area contributed by atoms with E-state index in [1.807, 2.05) is 0 Å². The molecule has 0 spiro atoms. The summed E-state index contributed by atoms with van der Waals surface area (Å²) in [4.78, 5) is 18.9. The number of hydrazine groups is 1. The number of pyridine rings is 2. The first kappa shape index (κ1) is 14.7. The summed E-state index contributed by atoms with van der Waals surface area (Å²) in [5.41, 5.74) is 1.65. The fourth-order valence-corrected chi connectivity index (χ4v) is 1.45. The smallest absolute Gasteiger partial charge is 0.321 e. The minimum absolute atomic E-state index is 0.147. The zero-order valence-corrected chi connectivity index (χ0v) is 10.5. The van der Waals surface area contributed by atoms with E-state index in [0.29, 0.717) is 5.82 Å². The summed E-state index contributed by atoms with van der Waals surface area (Å²) in [7, 11) is 0. The van der Waals surface area contributed by atoms with Crippen molar-refractivity contribution in [1.29, 1.82) is 0 Å². The number of halogens is 3. The fourth-order valence-electron chi connectivity index (χ4n) is 1.45. The maximum atomic E-state index is 12.3. The average Bonchev–Trinajstić information content (AvgIpc) is 2.47. The van der Waals surface area contributed by atoms with Gasteiger partial charge in [0.2, 0.25) is 0 Å². The van der Waals surface area contributed by atoms with Gasteiger partial charge in [0.05, 0.1) is 17.4 Å². The largest absolute Gasteiger partial charge is 0.433 e. The molecule has 0 atom stereocenters. The van der Waals surface area contributed by atoms with Gasteiger partial charge in [-0.3, -0.25) is 4.79 Å². The van der Waals surface area contributed by atoms with Crippen LogP contribution in [0.15, 0.2) is 36.7 Å². The monoisotopic (exact) mass is 297 g/mol. The molecule has 0 unspecified atom stereocenters. The first-order chi connectivity index (χ1) is 9.90. The Morgan fingerprint density at radius 1 is 1.10 bits per heavy atom. The third kappa shape index (κ3) is 3.66. The van der Waals surface area contributed by atoms with Gasteiger partial charge in [-0.2, -0.15) is 13.2 Å². The lowest BCUT2D eigenvalue weighted by molar-refractivity contribution is -0.141. The van der Waals surface area contributed by atoms with Gasteiger partial charge in [-0.25, -0.2) is 15.8 Å². The van der Waals surface area contributed by atoms with E-state index in [0.717, 1.165) is 18.3 Å². The molecule has 2 aromatic heterocycles. The maximum absolute atomic E-state index is 12.3. The summed E-state index contributed by atoms with van der Waals surface area (Å²) in [5, 5.41) is 2.41. The molecular weight excluding hydrogens is 287 g/mol. The van der Waals surface area contributed by atoms with Gasteiger partial charge >= 0.3 is 6.18 Å². The van der Waals surface area contributed by atoms with E-state index in [1.165, 1.54) is 18.3 Å². The van der Waals surface area contributed by atoms with Crippen LogP contribution in [0.25, 0.3) is 0 Å². The van der Waals surface area contributed by atoms with Crippen molar-refractivity contribution < 1.29 is 18.0 Å². The molecule has 2 heterocycles. The zero-order valence-electron chi connectivity index (χ0n) is 10.5. The molecule has 6 nitrogen and oxygen atoms in total. The number of carbonyl (C=O) groups is 1. The highest BCUT2D eigenvalue weighted by molar-refractivity contribution is 6.04. The molecule has 0 aromatic carbocycles.